The maximum Gasteiger partial charge on any atom is 0.282 e. The lowest BCUT2D eigenvalue weighted by atomic mass is 10.3. The molecule has 0 aromatic rings. The van der Waals surface area contributed by atoms with Crippen LogP contribution < -0.4 is 0 Å². The molecule has 6 nitrogen and oxygen atoms in total. The molecule has 1 heterocycles. The summed E-state index contributed by atoms with van der Waals surface area (Å²) in [5.74, 6) is 0. The van der Waals surface area contributed by atoms with Gasteiger partial charge in [0.25, 0.3) is 10.2 Å². The monoisotopic (exact) mass is 238 g/mol. The Hall–Kier alpha value is -0.210. The molecule has 0 spiro atoms. The lowest BCUT2D eigenvalue weighted by Crippen LogP contribution is -2.43. The molecule has 0 aromatic heterocycles. The van der Waals surface area contributed by atoms with Crippen LogP contribution in [0.3, 0.4) is 0 Å². The predicted octanol–water partition coefficient (Wildman–Crippen LogP) is -1.39. The van der Waals surface area contributed by atoms with Gasteiger partial charge in [-0.3, -0.25) is 0 Å². The van der Waals surface area contributed by atoms with Gasteiger partial charge in [-0.25, -0.2) is 0 Å². The van der Waals surface area contributed by atoms with Crippen LogP contribution in [0.15, 0.2) is 0 Å². The van der Waals surface area contributed by atoms with Gasteiger partial charge < -0.3 is 10.2 Å². The minimum Gasteiger partial charge on any atom is -0.389 e. The zero-order valence-electron chi connectivity index (χ0n) is 9.00. The summed E-state index contributed by atoms with van der Waals surface area (Å²) in [6.45, 7) is 4.23. The number of nitrogens with zero attached hydrogens (tertiary/aromatic N) is 2. The van der Waals surface area contributed by atoms with E-state index in [0.29, 0.717) is 13.1 Å². The average molecular weight is 238 g/mol. The maximum atomic E-state index is 11.9. The smallest absolute Gasteiger partial charge is 0.282 e. The summed E-state index contributed by atoms with van der Waals surface area (Å²) in [4.78, 5) is 0. The zero-order valence-corrected chi connectivity index (χ0v) is 9.81. The molecule has 0 amide bonds. The summed E-state index contributed by atoms with van der Waals surface area (Å²) in [7, 11) is -3.52. The van der Waals surface area contributed by atoms with E-state index in [-0.39, 0.29) is 13.1 Å². The van der Waals surface area contributed by atoms with Gasteiger partial charge in [-0.15, -0.1) is 0 Å². The second-order valence-electron chi connectivity index (χ2n) is 3.54. The molecule has 0 aromatic carbocycles. The van der Waals surface area contributed by atoms with Crippen LogP contribution in [0.2, 0.25) is 0 Å². The lowest BCUT2D eigenvalue weighted by molar-refractivity contribution is 0.0572. The SMILES string of the molecule is CCN(CC)S(=O)(=O)N1C[C@@H](O)[C@@H](O)C1. The Kier molecular flexibility index (Phi) is 4.07. The Morgan fingerprint density at radius 2 is 1.60 bits per heavy atom. The van der Waals surface area contributed by atoms with E-state index >= 15 is 0 Å². The van der Waals surface area contributed by atoms with Crippen LogP contribution in [-0.4, -0.2) is 65.6 Å². The minimum absolute atomic E-state index is 0.0278. The first kappa shape index (κ1) is 12.9. The van der Waals surface area contributed by atoms with Gasteiger partial charge in [-0.1, -0.05) is 13.8 Å². The molecule has 1 rings (SSSR count). The topological polar surface area (TPSA) is 81.1 Å². The standard InChI is InChI=1S/C8H18N2O4S/c1-3-9(4-2)15(13,14)10-5-7(11)8(12)6-10/h7-8,11-12H,3-6H2,1-2H3/t7-,8+. The molecule has 0 unspecified atom stereocenters. The van der Waals surface area contributed by atoms with Crippen LogP contribution in [0.4, 0.5) is 0 Å². The van der Waals surface area contributed by atoms with Crippen molar-refractivity contribution in [2.75, 3.05) is 26.2 Å². The average Bonchev–Trinajstić information content (AvgIpc) is 2.49. The molecule has 90 valence electrons. The van der Waals surface area contributed by atoms with Gasteiger partial charge >= 0.3 is 0 Å². The molecular weight excluding hydrogens is 220 g/mol. The number of β-amino-alcohol motifs (C(OH)–C–C–N with tert-alkyl or cyclic N) is 2. The third kappa shape index (κ3) is 2.48. The highest BCUT2D eigenvalue weighted by Crippen LogP contribution is 2.17. The summed E-state index contributed by atoms with van der Waals surface area (Å²) in [5.41, 5.74) is 0. The van der Waals surface area contributed by atoms with E-state index in [2.05, 4.69) is 0 Å². The molecule has 2 atom stereocenters. The molecule has 1 fully saturated rings. The lowest BCUT2D eigenvalue weighted by Gasteiger charge is -2.24. The third-order valence-corrected chi connectivity index (χ3v) is 4.70. The van der Waals surface area contributed by atoms with Gasteiger partial charge in [0.2, 0.25) is 0 Å². The first-order valence-corrected chi connectivity index (χ1v) is 6.44. The fraction of sp³-hybridized carbons (Fsp3) is 1.00. The van der Waals surface area contributed by atoms with E-state index in [1.165, 1.54) is 4.31 Å². The molecule has 0 bridgehead atoms. The molecule has 7 heteroatoms. The van der Waals surface area contributed by atoms with Gasteiger partial charge in [0.15, 0.2) is 0 Å². The van der Waals surface area contributed by atoms with Crippen LogP contribution in [0.5, 0.6) is 0 Å². The fourth-order valence-corrected chi connectivity index (χ4v) is 3.30. The van der Waals surface area contributed by atoms with E-state index in [0.717, 1.165) is 4.31 Å². The van der Waals surface area contributed by atoms with Crippen molar-refractivity contribution in [3.05, 3.63) is 0 Å². The molecule has 1 saturated heterocycles. The van der Waals surface area contributed by atoms with Crippen molar-refractivity contribution in [2.45, 2.75) is 26.1 Å². The number of hydrogen-bond donors (Lipinski definition) is 2. The number of aliphatic hydroxyl groups excluding tert-OH is 2. The van der Waals surface area contributed by atoms with Crippen molar-refractivity contribution >= 4 is 10.2 Å². The van der Waals surface area contributed by atoms with Crippen molar-refractivity contribution < 1.29 is 18.6 Å². The number of hydrogen-bond acceptors (Lipinski definition) is 4. The predicted molar refractivity (Wildman–Crippen MR) is 55.4 cm³/mol. The first-order chi connectivity index (χ1) is 6.93. The molecule has 0 radical (unpaired) electrons. The highest BCUT2D eigenvalue weighted by molar-refractivity contribution is 7.86. The second-order valence-corrected chi connectivity index (χ2v) is 5.47. The van der Waals surface area contributed by atoms with E-state index in [9.17, 15) is 18.6 Å². The van der Waals surface area contributed by atoms with E-state index in [1.54, 1.807) is 13.8 Å². The van der Waals surface area contributed by atoms with E-state index in [1.807, 2.05) is 0 Å². The van der Waals surface area contributed by atoms with Crippen LogP contribution in [0.1, 0.15) is 13.8 Å². The summed E-state index contributed by atoms with van der Waals surface area (Å²) in [6.07, 6.45) is -1.95. The summed E-state index contributed by atoms with van der Waals surface area (Å²) in [6, 6.07) is 0. The Morgan fingerprint density at radius 3 is 1.93 bits per heavy atom. The Labute approximate surface area is 90.3 Å². The van der Waals surface area contributed by atoms with Gasteiger partial charge in [-0.05, 0) is 0 Å². The number of aliphatic hydroxyl groups is 2. The fourth-order valence-electron chi connectivity index (χ4n) is 1.64. The normalized spacial score (nSPS) is 28.9. The van der Waals surface area contributed by atoms with Crippen molar-refractivity contribution in [1.29, 1.82) is 0 Å². The molecule has 0 saturated carbocycles. The van der Waals surface area contributed by atoms with Gasteiger partial charge in [0.05, 0.1) is 12.2 Å². The molecule has 1 aliphatic heterocycles. The van der Waals surface area contributed by atoms with Crippen LogP contribution >= 0.6 is 0 Å². The molecular formula is C8H18N2O4S. The maximum absolute atomic E-state index is 11.9. The number of rotatable bonds is 4. The van der Waals surface area contributed by atoms with Crippen molar-refractivity contribution in [3.8, 4) is 0 Å². The third-order valence-electron chi connectivity index (χ3n) is 2.58. The summed E-state index contributed by atoms with van der Waals surface area (Å²) < 4.78 is 26.3. The minimum atomic E-state index is -3.52. The second kappa shape index (κ2) is 4.75. The van der Waals surface area contributed by atoms with E-state index in [4.69, 9.17) is 0 Å². The summed E-state index contributed by atoms with van der Waals surface area (Å²) in [5, 5.41) is 18.6. The summed E-state index contributed by atoms with van der Waals surface area (Å²) >= 11 is 0. The van der Waals surface area contributed by atoms with Gasteiger partial charge in [0, 0.05) is 26.2 Å². The van der Waals surface area contributed by atoms with Crippen LogP contribution in [0, 0.1) is 0 Å². The van der Waals surface area contributed by atoms with E-state index < -0.39 is 22.4 Å². The van der Waals surface area contributed by atoms with Gasteiger partial charge in [-0.2, -0.15) is 17.0 Å². The van der Waals surface area contributed by atoms with Gasteiger partial charge in [0.1, 0.15) is 0 Å². The van der Waals surface area contributed by atoms with Crippen molar-refractivity contribution in [2.24, 2.45) is 0 Å². The Balaban J connectivity index is 2.79. The Bertz CT molecular complexity index is 292. The van der Waals surface area contributed by atoms with Crippen molar-refractivity contribution in [1.82, 2.24) is 8.61 Å². The molecule has 0 aliphatic carbocycles. The quantitative estimate of drug-likeness (QED) is 0.632. The zero-order chi connectivity index (χ0) is 11.6. The molecule has 1 aliphatic rings. The molecule has 2 N–H and O–H groups in total. The highest BCUT2D eigenvalue weighted by atomic mass is 32.2. The van der Waals surface area contributed by atoms with Crippen molar-refractivity contribution in [3.63, 3.8) is 0 Å². The van der Waals surface area contributed by atoms with Crippen LogP contribution in [0.25, 0.3) is 0 Å². The molecule has 15 heavy (non-hydrogen) atoms. The highest BCUT2D eigenvalue weighted by Gasteiger charge is 2.38. The first-order valence-electron chi connectivity index (χ1n) is 5.04. The largest absolute Gasteiger partial charge is 0.389 e. The van der Waals surface area contributed by atoms with Crippen LogP contribution in [-0.2, 0) is 10.2 Å². The Morgan fingerprint density at radius 1 is 1.20 bits per heavy atom.